The average molecular weight is 276 g/mol. The first-order chi connectivity index (χ1) is 9.35. The number of oxazole rings is 1. The van der Waals surface area contributed by atoms with E-state index in [0.29, 0.717) is 0 Å². The Bertz CT molecular complexity index is 510. The molecule has 2 rings (SSSR count). The van der Waals surface area contributed by atoms with Crippen LogP contribution in [0.5, 0.6) is 0 Å². The summed E-state index contributed by atoms with van der Waals surface area (Å²) >= 11 is 1.72. The van der Waals surface area contributed by atoms with Crippen LogP contribution in [0.15, 0.2) is 39.8 Å². The Morgan fingerprint density at radius 1 is 1.26 bits per heavy atom. The van der Waals surface area contributed by atoms with Crippen LogP contribution in [-0.2, 0) is 6.42 Å². The molecule has 1 heterocycles. The molecule has 0 saturated carbocycles. The second-order valence-electron chi connectivity index (χ2n) is 4.32. The Morgan fingerprint density at radius 3 is 2.89 bits per heavy atom. The van der Waals surface area contributed by atoms with Crippen LogP contribution < -0.4 is 5.32 Å². The van der Waals surface area contributed by atoms with Crippen LogP contribution in [0, 0.1) is 0 Å². The van der Waals surface area contributed by atoms with E-state index in [1.54, 1.807) is 11.8 Å². The third-order valence-electron chi connectivity index (χ3n) is 2.87. The van der Waals surface area contributed by atoms with E-state index in [1.807, 2.05) is 18.3 Å². The molecule has 2 aromatic rings. The molecule has 0 unspecified atom stereocenters. The first kappa shape index (κ1) is 14.2. The molecule has 102 valence electrons. The molecule has 0 atom stereocenters. The number of nitrogens with one attached hydrogen (secondary N) is 1. The maximum atomic E-state index is 5.83. The Labute approximate surface area is 118 Å². The van der Waals surface area contributed by atoms with Gasteiger partial charge in [-0.2, -0.15) is 0 Å². The van der Waals surface area contributed by atoms with Crippen LogP contribution in [-0.4, -0.2) is 24.3 Å². The predicted molar refractivity (Wildman–Crippen MR) is 80.6 cm³/mol. The van der Waals surface area contributed by atoms with Gasteiger partial charge in [0.05, 0.1) is 6.20 Å². The molecule has 0 aliphatic rings. The van der Waals surface area contributed by atoms with Crippen LogP contribution in [0.3, 0.4) is 0 Å². The number of aromatic nitrogens is 1. The highest BCUT2D eigenvalue weighted by molar-refractivity contribution is 7.98. The van der Waals surface area contributed by atoms with Gasteiger partial charge in [0.15, 0.2) is 11.7 Å². The van der Waals surface area contributed by atoms with Gasteiger partial charge in [0.1, 0.15) is 0 Å². The third kappa shape index (κ3) is 3.85. The topological polar surface area (TPSA) is 38.1 Å². The summed E-state index contributed by atoms with van der Waals surface area (Å²) in [5, 5.41) is 3.35. The number of benzene rings is 1. The van der Waals surface area contributed by atoms with Crippen LogP contribution in [0.4, 0.5) is 0 Å². The standard InChI is InChI=1S/C15H20N2OS/c1-3-9-16-10-8-15-17-11-13(18-15)12-6-4-5-7-14(12)19-2/h4-7,11,16H,3,8-10H2,1-2H3. The van der Waals surface area contributed by atoms with Gasteiger partial charge in [0.25, 0.3) is 0 Å². The van der Waals surface area contributed by atoms with Gasteiger partial charge < -0.3 is 9.73 Å². The molecule has 1 N–H and O–H groups in total. The summed E-state index contributed by atoms with van der Waals surface area (Å²) in [4.78, 5) is 5.57. The molecule has 0 saturated heterocycles. The number of nitrogens with zero attached hydrogens (tertiary/aromatic N) is 1. The van der Waals surface area contributed by atoms with Crippen molar-refractivity contribution in [1.29, 1.82) is 0 Å². The Hall–Kier alpha value is -1.26. The summed E-state index contributed by atoms with van der Waals surface area (Å²) in [6.07, 6.45) is 5.88. The van der Waals surface area contributed by atoms with Crippen molar-refractivity contribution in [2.75, 3.05) is 19.3 Å². The van der Waals surface area contributed by atoms with Crippen molar-refractivity contribution >= 4 is 11.8 Å². The van der Waals surface area contributed by atoms with Crippen molar-refractivity contribution in [2.45, 2.75) is 24.7 Å². The van der Waals surface area contributed by atoms with E-state index in [0.717, 1.165) is 43.1 Å². The molecule has 0 radical (unpaired) electrons. The first-order valence-corrected chi connectivity index (χ1v) is 7.86. The molecule has 0 amide bonds. The van der Waals surface area contributed by atoms with Crippen molar-refractivity contribution in [3.05, 3.63) is 36.4 Å². The van der Waals surface area contributed by atoms with Gasteiger partial charge in [-0.1, -0.05) is 25.1 Å². The molecular formula is C15H20N2OS. The van der Waals surface area contributed by atoms with Crippen molar-refractivity contribution in [3.63, 3.8) is 0 Å². The van der Waals surface area contributed by atoms with Gasteiger partial charge in [-0.15, -0.1) is 11.8 Å². The van der Waals surface area contributed by atoms with Crippen molar-refractivity contribution in [3.8, 4) is 11.3 Å². The minimum atomic E-state index is 0.800. The number of hydrogen-bond donors (Lipinski definition) is 1. The fourth-order valence-corrected chi connectivity index (χ4v) is 2.50. The molecule has 0 aliphatic heterocycles. The zero-order chi connectivity index (χ0) is 13.5. The summed E-state index contributed by atoms with van der Waals surface area (Å²) in [7, 11) is 0. The van der Waals surface area contributed by atoms with Crippen molar-refractivity contribution < 1.29 is 4.42 Å². The predicted octanol–water partition coefficient (Wildman–Crippen LogP) is 3.61. The van der Waals surface area contributed by atoms with Gasteiger partial charge >= 0.3 is 0 Å². The number of hydrogen-bond acceptors (Lipinski definition) is 4. The molecule has 0 fully saturated rings. The fourth-order valence-electron chi connectivity index (χ4n) is 1.90. The molecule has 19 heavy (non-hydrogen) atoms. The van der Waals surface area contributed by atoms with Crippen LogP contribution in [0.1, 0.15) is 19.2 Å². The van der Waals surface area contributed by atoms with Crippen LogP contribution in [0.25, 0.3) is 11.3 Å². The van der Waals surface area contributed by atoms with E-state index in [1.165, 1.54) is 4.90 Å². The van der Waals surface area contributed by atoms with E-state index in [4.69, 9.17) is 4.42 Å². The van der Waals surface area contributed by atoms with Gasteiger partial charge in [-0.3, -0.25) is 0 Å². The lowest BCUT2D eigenvalue weighted by Crippen LogP contribution is -2.17. The molecule has 3 nitrogen and oxygen atoms in total. The Balaban J connectivity index is 2.04. The highest BCUT2D eigenvalue weighted by atomic mass is 32.2. The first-order valence-electron chi connectivity index (χ1n) is 6.64. The van der Waals surface area contributed by atoms with E-state index < -0.39 is 0 Å². The Morgan fingerprint density at radius 2 is 2.11 bits per heavy atom. The third-order valence-corrected chi connectivity index (χ3v) is 3.66. The summed E-state index contributed by atoms with van der Waals surface area (Å²) in [5.74, 6) is 1.66. The van der Waals surface area contributed by atoms with E-state index >= 15 is 0 Å². The average Bonchev–Trinajstić information content (AvgIpc) is 2.92. The molecule has 1 aromatic heterocycles. The highest BCUT2D eigenvalue weighted by Gasteiger charge is 2.09. The zero-order valence-corrected chi connectivity index (χ0v) is 12.3. The Kier molecular flexibility index (Phi) is 5.48. The lowest BCUT2D eigenvalue weighted by Gasteiger charge is -2.03. The monoisotopic (exact) mass is 276 g/mol. The van der Waals surface area contributed by atoms with Gasteiger partial charge in [-0.25, -0.2) is 4.98 Å². The highest BCUT2D eigenvalue weighted by Crippen LogP contribution is 2.30. The number of rotatable bonds is 7. The summed E-state index contributed by atoms with van der Waals surface area (Å²) in [5.41, 5.74) is 1.12. The van der Waals surface area contributed by atoms with Crippen LogP contribution in [0.2, 0.25) is 0 Å². The lowest BCUT2D eigenvalue weighted by molar-refractivity contribution is 0.494. The molecule has 0 spiro atoms. The maximum Gasteiger partial charge on any atom is 0.196 e. The summed E-state index contributed by atoms with van der Waals surface area (Å²) < 4.78 is 5.83. The van der Waals surface area contributed by atoms with E-state index in [9.17, 15) is 0 Å². The van der Waals surface area contributed by atoms with Crippen molar-refractivity contribution in [1.82, 2.24) is 10.3 Å². The number of thioether (sulfide) groups is 1. The fraction of sp³-hybridized carbons (Fsp3) is 0.400. The van der Waals surface area contributed by atoms with Crippen LogP contribution >= 0.6 is 11.8 Å². The van der Waals surface area contributed by atoms with Gasteiger partial charge in [0.2, 0.25) is 0 Å². The SMILES string of the molecule is CCCNCCc1ncc(-c2ccccc2SC)o1. The summed E-state index contributed by atoms with van der Waals surface area (Å²) in [6.45, 7) is 4.12. The molecule has 1 aromatic carbocycles. The lowest BCUT2D eigenvalue weighted by atomic mass is 10.2. The minimum Gasteiger partial charge on any atom is -0.441 e. The molecule has 0 bridgehead atoms. The molecule has 4 heteroatoms. The second-order valence-corrected chi connectivity index (χ2v) is 5.17. The molecular weight excluding hydrogens is 256 g/mol. The van der Waals surface area contributed by atoms with E-state index in [-0.39, 0.29) is 0 Å². The minimum absolute atomic E-state index is 0.800. The maximum absolute atomic E-state index is 5.83. The van der Waals surface area contributed by atoms with Crippen molar-refractivity contribution in [2.24, 2.45) is 0 Å². The largest absolute Gasteiger partial charge is 0.441 e. The van der Waals surface area contributed by atoms with E-state index in [2.05, 4.69) is 35.6 Å². The zero-order valence-electron chi connectivity index (χ0n) is 11.5. The van der Waals surface area contributed by atoms with Gasteiger partial charge in [0, 0.05) is 23.4 Å². The molecule has 0 aliphatic carbocycles. The quantitative estimate of drug-likeness (QED) is 0.619. The second kappa shape index (κ2) is 7.36. The summed E-state index contributed by atoms with van der Waals surface area (Å²) in [6, 6.07) is 8.25. The smallest absolute Gasteiger partial charge is 0.196 e. The van der Waals surface area contributed by atoms with Gasteiger partial charge in [-0.05, 0) is 25.3 Å². The normalized spacial score (nSPS) is 10.8.